The van der Waals surface area contributed by atoms with Crippen molar-refractivity contribution in [3.63, 3.8) is 0 Å². The molecule has 5 fully saturated rings. The number of hydrogen-bond acceptors (Lipinski definition) is 9. The average molecular weight is 802 g/mol. The van der Waals surface area contributed by atoms with Gasteiger partial charge in [-0.3, -0.25) is 9.69 Å². The van der Waals surface area contributed by atoms with Gasteiger partial charge in [-0.25, -0.2) is 26.4 Å². The summed E-state index contributed by atoms with van der Waals surface area (Å²) in [6.45, 7) is 7.80. The number of sulfone groups is 1. The molecule has 15 heteroatoms. The zero-order chi connectivity index (χ0) is 39.7. The highest BCUT2D eigenvalue weighted by Crippen LogP contribution is 2.52. The number of carbonyl (C=O) groups excluding carboxylic acids is 2. The van der Waals surface area contributed by atoms with Crippen LogP contribution in [0.1, 0.15) is 44.1 Å². The lowest BCUT2D eigenvalue weighted by molar-refractivity contribution is -0.126. The molecule has 4 heterocycles. The molecule has 1 saturated carbocycles. The van der Waals surface area contributed by atoms with Crippen LogP contribution >= 0.6 is 0 Å². The molecule has 4 atom stereocenters. The van der Waals surface area contributed by atoms with E-state index in [0.29, 0.717) is 13.1 Å². The fourth-order valence-corrected chi connectivity index (χ4v) is 11.6. The van der Waals surface area contributed by atoms with Crippen LogP contribution in [0.15, 0.2) is 60.0 Å². The van der Waals surface area contributed by atoms with Crippen molar-refractivity contribution in [2.45, 2.75) is 65.8 Å². The van der Waals surface area contributed by atoms with Crippen LogP contribution in [0, 0.1) is 23.5 Å². The number of alkyl halides is 1. The number of anilines is 1. The van der Waals surface area contributed by atoms with Gasteiger partial charge in [-0.15, -0.1) is 0 Å². The van der Waals surface area contributed by atoms with Crippen LogP contribution in [-0.2, 0) is 29.5 Å². The number of alkyl carbamates (subject to hydrolysis) is 1. The molecule has 56 heavy (non-hydrogen) atoms. The first-order chi connectivity index (χ1) is 26.8. The number of amides is 2. The van der Waals surface area contributed by atoms with Crippen LogP contribution in [0.3, 0.4) is 0 Å². The lowest BCUT2D eigenvalue weighted by Crippen LogP contribution is -2.65. The fraction of sp³-hybridized carbons (Fsp3) is 0.610. The third kappa shape index (κ3) is 8.19. The number of methoxy groups -OCH3 is 1. The van der Waals surface area contributed by atoms with Crippen LogP contribution < -0.4 is 10.2 Å². The van der Waals surface area contributed by atoms with E-state index < -0.39 is 44.0 Å². The molecule has 0 radical (unpaired) electrons. The summed E-state index contributed by atoms with van der Waals surface area (Å²) in [7, 11) is -2.68. The molecule has 1 N–H and O–H groups in total. The number of ether oxygens (including phenoxy) is 2. The van der Waals surface area contributed by atoms with E-state index in [1.807, 2.05) is 6.07 Å². The van der Waals surface area contributed by atoms with E-state index in [1.54, 1.807) is 17.0 Å². The van der Waals surface area contributed by atoms with Crippen molar-refractivity contribution in [2.24, 2.45) is 11.8 Å². The molecule has 4 saturated heterocycles. The van der Waals surface area contributed by atoms with Gasteiger partial charge in [0.05, 0.1) is 44.0 Å². The van der Waals surface area contributed by atoms with E-state index in [4.69, 9.17) is 9.47 Å². The Balaban J connectivity index is 1.02. The smallest absolute Gasteiger partial charge is 0.407 e. The molecule has 306 valence electrons. The summed E-state index contributed by atoms with van der Waals surface area (Å²) < 4.78 is 84.3. The first-order valence-electron chi connectivity index (χ1n) is 19.9. The van der Waals surface area contributed by atoms with E-state index in [9.17, 15) is 18.0 Å². The quantitative estimate of drug-likeness (QED) is 0.309. The van der Waals surface area contributed by atoms with Crippen molar-refractivity contribution >= 4 is 27.5 Å². The van der Waals surface area contributed by atoms with Gasteiger partial charge < -0.3 is 29.5 Å². The second kappa shape index (κ2) is 16.7. The Bertz CT molecular complexity index is 1870. The minimum Gasteiger partial charge on any atom is -0.453 e. The predicted molar refractivity (Wildman–Crippen MR) is 206 cm³/mol. The maximum absolute atomic E-state index is 16.3. The van der Waals surface area contributed by atoms with E-state index in [1.165, 1.54) is 30.2 Å². The van der Waals surface area contributed by atoms with Crippen molar-refractivity contribution < 1.29 is 40.7 Å². The van der Waals surface area contributed by atoms with Gasteiger partial charge in [0.15, 0.2) is 15.5 Å². The maximum atomic E-state index is 16.3. The zero-order valence-electron chi connectivity index (χ0n) is 32.1. The van der Waals surface area contributed by atoms with Crippen molar-refractivity contribution in [3.05, 3.63) is 72.3 Å². The topological polar surface area (TPSA) is 112 Å². The molecule has 2 amide bonds. The first kappa shape index (κ1) is 40.5. The summed E-state index contributed by atoms with van der Waals surface area (Å²) in [5, 5.41) is 2.04. The van der Waals surface area contributed by atoms with E-state index in [-0.39, 0.29) is 80.2 Å². The summed E-state index contributed by atoms with van der Waals surface area (Å²) in [6.07, 6.45) is 6.00. The summed E-state index contributed by atoms with van der Waals surface area (Å²) in [4.78, 5) is 32.0. The van der Waals surface area contributed by atoms with E-state index in [2.05, 4.69) is 21.7 Å². The number of benzene rings is 2. The number of nitrogens with one attached hydrogen (secondary N) is 1. The standard InChI is InChI=1S/C41H54F3N5O6S/c1-3-38(50)48-19-20-55-24-33(23-48)56(52,53)32-11-12-37(35(43)22-32)49-26-40(44,27-49)25-47-17-13-29(14-18-47)41(28-46-15-6-16-46,30-7-4-8-31(42)21-30)34-9-5-10-36(34)45-39(51)54-2/h3-4,7-8,11-12,21-22,29,33-34,36H,1,5-6,9-10,13-20,23-28H2,2H3,(H,45,51)/t33-,34-,36-,41-/m0/s1. The molecule has 2 aromatic carbocycles. The Morgan fingerprint density at radius 3 is 2.45 bits per heavy atom. The van der Waals surface area contributed by atoms with Gasteiger partial charge in [-0.2, -0.15) is 0 Å². The predicted octanol–water partition coefficient (Wildman–Crippen LogP) is 4.56. The van der Waals surface area contributed by atoms with Gasteiger partial charge in [-0.1, -0.05) is 25.1 Å². The second-order valence-electron chi connectivity index (χ2n) is 16.4. The molecule has 1 aliphatic carbocycles. The van der Waals surface area contributed by atoms with Crippen molar-refractivity contribution in [2.75, 3.05) is 90.7 Å². The Morgan fingerprint density at radius 2 is 1.79 bits per heavy atom. The largest absolute Gasteiger partial charge is 0.453 e. The van der Waals surface area contributed by atoms with Gasteiger partial charge in [0.2, 0.25) is 5.91 Å². The highest BCUT2D eigenvalue weighted by molar-refractivity contribution is 7.92. The lowest BCUT2D eigenvalue weighted by Gasteiger charge is -2.54. The summed E-state index contributed by atoms with van der Waals surface area (Å²) in [5.74, 6) is -1.21. The number of hydrogen-bond donors (Lipinski definition) is 1. The molecule has 2 aromatic rings. The van der Waals surface area contributed by atoms with Crippen molar-refractivity contribution in [1.82, 2.24) is 20.0 Å². The monoisotopic (exact) mass is 801 g/mol. The lowest BCUT2D eigenvalue weighted by atomic mass is 9.57. The molecule has 0 spiro atoms. The number of halogens is 3. The number of rotatable bonds is 12. The maximum Gasteiger partial charge on any atom is 0.407 e. The van der Waals surface area contributed by atoms with Gasteiger partial charge in [0.1, 0.15) is 16.9 Å². The highest BCUT2D eigenvalue weighted by Gasteiger charge is 2.54. The summed E-state index contributed by atoms with van der Waals surface area (Å²) in [5.41, 5.74) is -0.924. The van der Waals surface area contributed by atoms with Crippen molar-refractivity contribution in [3.8, 4) is 0 Å². The van der Waals surface area contributed by atoms with E-state index in [0.717, 1.165) is 75.9 Å². The van der Waals surface area contributed by atoms with E-state index >= 15 is 13.2 Å². The van der Waals surface area contributed by atoms with Gasteiger partial charge in [0.25, 0.3) is 0 Å². The van der Waals surface area contributed by atoms with Gasteiger partial charge in [-0.05, 0) is 112 Å². The average Bonchev–Trinajstić information content (AvgIpc) is 3.46. The van der Waals surface area contributed by atoms with Gasteiger partial charge >= 0.3 is 6.09 Å². The number of nitrogens with zero attached hydrogens (tertiary/aromatic N) is 4. The number of likely N-dealkylation sites (tertiary alicyclic amines) is 2. The molecular weight excluding hydrogens is 748 g/mol. The molecule has 11 nitrogen and oxygen atoms in total. The first-order valence-corrected chi connectivity index (χ1v) is 21.4. The molecular formula is C41H54F3N5O6S. The minimum absolute atomic E-state index is 0.0316. The second-order valence-corrected chi connectivity index (χ2v) is 18.6. The molecule has 0 unspecified atom stereocenters. The molecule has 5 aliphatic rings. The SMILES string of the molecule is C=CC(=O)N1CCOC[C@@H](S(=O)(=O)c2ccc(N3CC(F)(CN4CCC([C@@](CN5CCC5)(c5cccc(F)c5)[C@H]5CCC[C@@H]5NC(=O)OC)CC4)C3)c(F)c2)C1. The molecule has 0 bridgehead atoms. The minimum atomic E-state index is -4.05. The fourth-order valence-electron chi connectivity index (χ4n) is 10.1. The number of piperidine rings is 1. The normalized spacial score (nSPS) is 26.0. The Morgan fingerprint density at radius 1 is 1.02 bits per heavy atom. The third-order valence-corrected chi connectivity index (χ3v) is 15.1. The van der Waals surface area contributed by atoms with Crippen molar-refractivity contribution in [1.29, 1.82) is 0 Å². The molecule has 4 aliphatic heterocycles. The summed E-state index contributed by atoms with van der Waals surface area (Å²) >= 11 is 0. The van der Waals surface area contributed by atoms with Crippen LogP contribution in [0.2, 0.25) is 0 Å². The summed E-state index contributed by atoms with van der Waals surface area (Å²) in [6, 6.07) is 10.5. The van der Waals surface area contributed by atoms with Gasteiger partial charge in [0, 0.05) is 37.6 Å². The Labute approximate surface area is 328 Å². The van der Waals surface area contributed by atoms with Crippen LogP contribution in [0.5, 0.6) is 0 Å². The molecule has 0 aromatic heterocycles. The highest BCUT2D eigenvalue weighted by atomic mass is 32.2. The van der Waals surface area contributed by atoms with Crippen LogP contribution in [0.25, 0.3) is 0 Å². The Kier molecular flexibility index (Phi) is 12.1. The van der Waals surface area contributed by atoms with Crippen LogP contribution in [-0.4, -0.2) is 138 Å². The zero-order valence-corrected chi connectivity index (χ0v) is 33.0. The van der Waals surface area contributed by atoms with Crippen LogP contribution in [0.4, 0.5) is 23.7 Å². The number of carbonyl (C=O) groups is 2. The Hall–Kier alpha value is -3.66. The molecule has 7 rings (SSSR count). The third-order valence-electron chi connectivity index (χ3n) is 13.0.